The van der Waals surface area contributed by atoms with Crippen LogP contribution in [0.4, 0.5) is 0 Å². The van der Waals surface area contributed by atoms with E-state index in [4.69, 9.17) is 14.2 Å². The highest BCUT2D eigenvalue weighted by atomic mass is 16.6. The second-order valence-corrected chi connectivity index (χ2v) is 22.0. The molecule has 0 aliphatic heterocycles. The second kappa shape index (κ2) is 68.1. The van der Waals surface area contributed by atoms with Crippen molar-refractivity contribution in [2.75, 3.05) is 13.2 Å². The van der Waals surface area contributed by atoms with Gasteiger partial charge in [0.25, 0.3) is 0 Å². The van der Waals surface area contributed by atoms with E-state index in [2.05, 4.69) is 154 Å². The van der Waals surface area contributed by atoms with Gasteiger partial charge in [-0.2, -0.15) is 0 Å². The van der Waals surface area contributed by atoms with Crippen molar-refractivity contribution in [3.05, 3.63) is 134 Å². The molecule has 0 heterocycles. The molecule has 6 nitrogen and oxygen atoms in total. The van der Waals surface area contributed by atoms with Gasteiger partial charge in [0.05, 0.1) is 0 Å². The fourth-order valence-electron chi connectivity index (χ4n) is 9.07. The van der Waals surface area contributed by atoms with Crippen LogP contribution in [0.5, 0.6) is 0 Å². The molecule has 0 bridgehead atoms. The average Bonchev–Trinajstić information content (AvgIpc) is 3.47. The highest BCUT2D eigenvalue weighted by Crippen LogP contribution is 2.16. The minimum absolute atomic E-state index is 0.107. The van der Waals surface area contributed by atoms with E-state index in [0.717, 1.165) is 116 Å². The number of hydrogen-bond acceptors (Lipinski definition) is 6. The number of ether oxygens (including phenoxy) is 3. The molecule has 1 atom stereocenters. The Hall–Kier alpha value is -4.45. The van der Waals surface area contributed by atoms with E-state index in [9.17, 15) is 14.4 Å². The van der Waals surface area contributed by atoms with E-state index >= 15 is 0 Å². The van der Waals surface area contributed by atoms with E-state index in [1.807, 2.05) is 0 Å². The molecule has 1 unspecified atom stereocenters. The van der Waals surface area contributed by atoms with Crippen molar-refractivity contribution in [2.45, 2.75) is 309 Å². The molecule has 0 N–H and O–H groups in total. The third-order valence-corrected chi connectivity index (χ3v) is 14.1. The third-order valence-electron chi connectivity index (χ3n) is 14.1. The van der Waals surface area contributed by atoms with Crippen LogP contribution < -0.4 is 0 Å². The van der Waals surface area contributed by atoms with Crippen LogP contribution in [0.3, 0.4) is 0 Å². The normalized spacial score (nSPS) is 13.0. The third kappa shape index (κ3) is 66.2. The number of allylic oxidation sites excluding steroid dienone is 22. The van der Waals surface area contributed by atoms with Gasteiger partial charge in [-0.15, -0.1) is 0 Å². The molecule has 460 valence electrons. The van der Waals surface area contributed by atoms with Crippen molar-refractivity contribution in [2.24, 2.45) is 0 Å². The van der Waals surface area contributed by atoms with Crippen LogP contribution in [0.25, 0.3) is 0 Å². The average molecular weight is 1120 g/mol. The Bertz CT molecular complexity index is 1720. The van der Waals surface area contributed by atoms with Gasteiger partial charge in [-0.3, -0.25) is 14.4 Å². The second-order valence-electron chi connectivity index (χ2n) is 22.0. The molecule has 0 aromatic heterocycles. The molecule has 0 aliphatic rings. The molecule has 81 heavy (non-hydrogen) atoms. The quantitative estimate of drug-likeness (QED) is 0.0261. The zero-order valence-electron chi connectivity index (χ0n) is 52.8. The molecule has 0 amide bonds. The molecule has 0 rings (SSSR count). The fraction of sp³-hybridized carbons (Fsp3) is 0.667. The number of carbonyl (C=O) groups excluding carboxylic acids is 3. The highest BCUT2D eigenvalue weighted by molar-refractivity contribution is 5.71. The van der Waals surface area contributed by atoms with Crippen LogP contribution in [0, 0.1) is 0 Å². The van der Waals surface area contributed by atoms with E-state index in [-0.39, 0.29) is 37.5 Å². The molecule has 6 heteroatoms. The first-order chi connectivity index (χ1) is 40.0. The van der Waals surface area contributed by atoms with Crippen molar-refractivity contribution in [1.29, 1.82) is 0 Å². The van der Waals surface area contributed by atoms with Crippen molar-refractivity contribution in [3.8, 4) is 0 Å². The Morgan fingerprint density at radius 3 is 0.840 bits per heavy atom. The molecule has 0 aromatic rings. The molecular weight excluding hydrogens is 997 g/mol. The van der Waals surface area contributed by atoms with Crippen LogP contribution in [-0.4, -0.2) is 37.2 Å². The summed E-state index contributed by atoms with van der Waals surface area (Å²) >= 11 is 0. The molecule has 0 radical (unpaired) electrons. The minimum atomic E-state index is -0.817. The van der Waals surface area contributed by atoms with Gasteiger partial charge in [0.1, 0.15) is 13.2 Å². The van der Waals surface area contributed by atoms with Gasteiger partial charge in [-0.05, 0) is 128 Å². The van der Waals surface area contributed by atoms with Gasteiger partial charge < -0.3 is 14.2 Å². The summed E-state index contributed by atoms with van der Waals surface area (Å²) in [7, 11) is 0. The highest BCUT2D eigenvalue weighted by Gasteiger charge is 2.19. The lowest BCUT2D eigenvalue weighted by Gasteiger charge is -2.18. The molecule has 0 saturated heterocycles. The Morgan fingerprint density at radius 1 is 0.259 bits per heavy atom. The van der Waals surface area contributed by atoms with Crippen LogP contribution in [0.2, 0.25) is 0 Å². The standard InChI is InChI=1S/C75H124O6/c1-4-7-10-13-16-19-22-24-26-28-30-32-34-35-36-37-38-39-41-42-44-46-48-50-53-56-59-62-65-68-74(77)80-71-72(70-79-73(76)67-64-61-58-55-52-21-18-15-12-9-6-3)81-75(78)69-66-63-60-57-54-51-49-47-45-43-40-33-31-29-27-25-23-20-17-14-11-8-5-2/h8,11,15,17-18,20,22,24-25,27-28,30-31,33-35,43,45,49,51,57,60,72H,4-7,9-10,12-14,16,19,21,23,26,29,32,36-42,44,46-48,50,52-56,58-59,61-71H2,1-3H3/b11-8-,18-15-,20-17-,24-22-,27-25-,30-28-,33-31-,35-34-,45-43-,51-49-,60-57-. The molecular formula is C75H124O6. The number of rotatable bonds is 60. The van der Waals surface area contributed by atoms with Gasteiger partial charge in [0.15, 0.2) is 6.10 Å². The van der Waals surface area contributed by atoms with E-state index < -0.39 is 6.10 Å². The van der Waals surface area contributed by atoms with Gasteiger partial charge in [-0.1, -0.05) is 289 Å². The smallest absolute Gasteiger partial charge is 0.306 e. The lowest BCUT2D eigenvalue weighted by atomic mass is 10.0. The first kappa shape index (κ1) is 76.5. The maximum atomic E-state index is 12.9. The number of esters is 3. The topological polar surface area (TPSA) is 78.9 Å². The largest absolute Gasteiger partial charge is 0.462 e. The Kier molecular flexibility index (Phi) is 64.3. The minimum Gasteiger partial charge on any atom is -0.462 e. The van der Waals surface area contributed by atoms with Gasteiger partial charge in [0.2, 0.25) is 0 Å². The summed E-state index contributed by atoms with van der Waals surface area (Å²) in [6.45, 7) is 6.43. The molecule has 0 fully saturated rings. The lowest BCUT2D eigenvalue weighted by molar-refractivity contribution is -0.167. The summed E-state index contributed by atoms with van der Waals surface area (Å²) in [5.74, 6) is -0.975. The first-order valence-corrected chi connectivity index (χ1v) is 33.7. The van der Waals surface area contributed by atoms with Gasteiger partial charge in [-0.25, -0.2) is 0 Å². The Labute approximate surface area is 500 Å². The van der Waals surface area contributed by atoms with Crippen molar-refractivity contribution in [3.63, 3.8) is 0 Å². The Morgan fingerprint density at radius 2 is 0.506 bits per heavy atom. The summed E-state index contributed by atoms with van der Waals surface area (Å²) in [6, 6.07) is 0. The predicted octanol–water partition coefficient (Wildman–Crippen LogP) is 23.3. The van der Waals surface area contributed by atoms with E-state index in [1.165, 1.54) is 141 Å². The van der Waals surface area contributed by atoms with E-state index in [0.29, 0.717) is 19.3 Å². The van der Waals surface area contributed by atoms with Gasteiger partial charge >= 0.3 is 17.9 Å². The predicted molar refractivity (Wildman–Crippen MR) is 353 cm³/mol. The lowest BCUT2D eigenvalue weighted by Crippen LogP contribution is -2.30. The number of unbranched alkanes of at least 4 members (excludes halogenated alkanes) is 27. The first-order valence-electron chi connectivity index (χ1n) is 33.7. The maximum absolute atomic E-state index is 12.9. The van der Waals surface area contributed by atoms with Crippen LogP contribution >= 0.6 is 0 Å². The summed E-state index contributed by atoms with van der Waals surface area (Å²) in [5.41, 5.74) is 0. The molecule has 0 saturated carbocycles. The Balaban J connectivity index is 4.33. The van der Waals surface area contributed by atoms with Crippen LogP contribution in [0.15, 0.2) is 134 Å². The zero-order chi connectivity index (χ0) is 58.5. The zero-order valence-corrected chi connectivity index (χ0v) is 52.8. The SMILES string of the molecule is CC/C=C\C/C=C\C/C=C\C/C=C\C/C=C\C/C=C\C/C=C\CCCC(=O)OC(COC(=O)CCCCCCC/C=C\CCCC)COC(=O)CCCCCCCCCCCCCCCC/C=C\C/C=C\C/C=C\CCCCCCC. The van der Waals surface area contributed by atoms with Crippen molar-refractivity contribution in [1.82, 2.24) is 0 Å². The van der Waals surface area contributed by atoms with Gasteiger partial charge in [0, 0.05) is 19.3 Å². The molecule has 0 spiro atoms. The molecule has 0 aromatic carbocycles. The number of carbonyl (C=O) groups is 3. The maximum Gasteiger partial charge on any atom is 0.306 e. The molecule has 0 aliphatic carbocycles. The van der Waals surface area contributed by atoms with Crippen molar-refractivity contribution >= 4 is 17.9 Å². The van der Waals surface area contributed by atoms with Crippen molar-refractivity contribution < 1.29 is 28.6 Å². The summed E-state index contributed by atoms with van der Waals surface area (Å²) in [6.07, 6.45) is 96.2. The summed E-state index contributed by atoms with van der Waals surface area (Å²) in [5, 5.41) is 0. The fourth-order valence-corrected chi connectivity index (χ4v) is 9.07. The van der Waals surface area contributed by atoms with Crippen LogP contribution in [-0.2, 0) is 28.6 Å². The van der Waals surface area contributed by atoms with Crippen LogP contribution in [0.1, 0.15) is 303 Å². The van der Waals surface area contributed by atoms with E-state index in [1.54, 1.807) is 0 Å². The summed E-state index contributed by atoms with van der Waals surface area (Å²) < 4.78 is 16.9. The number of hydrogen-bond donors (Lipinski definition) is 0. The summed E-state index contributed by atoms with van der Waals surface area (Å²) in [4.78, 5) is 38.3. The monoisotopic (exact) mass is 1120 g/mol.